The standard InChI is InChI=1S/C21H20FN9O2/c22-14-6-2-1-4-11(14)8-31-20-13(5-3-7-25-20)15(29-31)19-27-17(23)16(18(24)28-19)26-12-9-30(10-12)21(32)33/h1-7,12,26H,8-10H2,(H,32,33)(H4,23,24,27,28). The van der Waals surface area contributed by atoms with E-state index in [1.807, 2.05) is 6.07 Å². The predicted octanol–water partition coefficient (Wildman–Crippen LogP) is 2.01. The van der Waals surface area contributed by atoms with Crippen molar-refractivity contribution in [1.82, 2.24) is 29.6 Å². The van der Waals surface area contributed by atoms with Gasteiger partial charge in [0.2, 0.25) is 0 Å². The molecule has 0 saturated carbocycles. The Labute approximate surface area is 186 Å². The lowest BCUT2D eigenvalue weighted by Gasteiger charge is -2.38. The van der Waals surface area contributed by atoms with E-state index in [4.69, 9.17) is 16.6 Å². The summed E-state index contributed by atoms with van der Waals surface area (Å²) in [6, 6.07) is 9.90. The number of aromatic nitrogens is 5. The maximum Gasteiger partial charge on any atom is 0.407 e. The second kappa shape index (κ2) is 7.89. The molecular weight excluding hydrogens is 429 g/mol. The van der Waals surface area contributed by atoms with Gasteiger partial charge in [0.05, 0.1) is 18.0 Å². The Morgan fingerprint density at radius 2 is 1.88 bits per heavy atom. The van der Waals surface area contributed by atoms with E-state index in [1.165, 1.54) is 11.0 Å². The van der Waals surface area contributed by atoms with Crippen LogP contribution in [-0.4, -0.2) is 60.0 Å². The van der Waals surface area contributed by atoms with Crippen molar-refractivity contribution < 1.29 is 14.3 Å². The molecule has 0 bridgehead atoms. The summed E-state index contributed by atoms with van der Waals surface area (Å²) in [7, 11) is 0. The van der Waals surface area contributed by atoms with Gasteiger partial charge in [-0.2, -0.15) is 5.10 Å². The largest absolute Gasteiger partial charge is 0.465 e. The summed E-state index contributed by atoms with van der Waals surface area (Å²) in [4.78, 5) is 25.4. The number of likely N-dealkylation sites (tertiary alicyclic amines) is 1. The van der Waals surface area contributed by atoms with Crippen LogP contribution in [0.3, 0.4) is 0 Å². The summed E-state index contributed by atoms with van der Waals surface area (Å²) in [6.45, 7) is 0.798. The van der Waals surface area contributed by atoms with E-state index in [9.17, 15) is 9.18 Å². The van der Waals surface area contributed by atoms with Crippen LogP contribution in [0.5, 0.6) is 0 Å². The highest BCUT2D eigenvalue weighted by molar-refractivity contribution is 5.90. The van der Waals surface area contributed by atoms with Crippen LogP contribution in [0.15, 0.2) is 42.6 Å². The Balaban J connectivity index is 1.48. The molecule has 0 radical (unpaired) electrons. The van der Waals surface area contributed by atoms with Crippen LogP contribution in [0.25, 0.3) is 22.6 Å². The van der Waals surface area contributed by atoms with Gasteiger partial charge in [-0.3, -0.25) is 0 Å². The molecule has 0 unspecified atom stereocenters. The molecule has 168 valence electrons. The Hall–Kier alpha value is -4.48. The number of nitrogens with two attached hydrogens (primary N) is 2. The number of pyridine rings is 1. The van der Waals surface area contributed by atoms with Gasteiger partial charge in [-0.15, -0.1) is 0 Å². The SMILES string of the molecule is Nc1nc(-c2nn(Cc3ccccc3F)c3ncccc23)nc(N)c1NC1CN(C(=O)O)C1. The molecule has 11 nitrogen and oxygen atoms in total. The highest BCUT2D eigenvalue weighted by Gasteiger charge is 2.31. The van der Waals surface area contributed by atoms with E-state index < -0.39 is 6.09 Å². The fourth-order valence-corrected chi connectivity index (χ4v) is 3.75. The fraction of sp³-hybridized carbons (Fsp3) is 0.190. The van der Waals surface area contributed by atoms with Crippen LogP contribution in [0, 0.1) is 5.82 Å². The van der Waals surface area contributed by atoms with E-state index in [0.29, 0.717) is 41.1 Å². The predicted molar refractivity (Wildman–Crippen MR) is 120 cm³/mol. The lowest BCUT2D eigenvalue weighted by Crippen LogP contribution is -2.56. The number of fused-ring (bicyclic) bond motifs is 1. The first-order valence-corrected chi connectivity index (χ1v) is 10.1. The normalized spacial score (nSPS) is 13.8. The van der Waals surface area contributed by atoms with Crippen molar-refractivity contribution in [2.24, 2.45) is 0 Å². The molecule has 4 heterocycles. The van der Waals surface area contributed by atoms with E-state index in [0.717, 1.165) is 0 Å². The molecule has 0 atom stereocenters. The minimum absolute atomic E-state index is 0.118. The maximum atomic E-state index is 14.2. The van der Waals surface area contributed by atoms with Crippen LogP contribution < -0.4 is 16.8 Å². The molecule has 1 aliphatic heterocycles. The van der Waals surface area contributed by atoms with Gasteiger partial charge in [0, 0.05) is 24.8 Å². The Morgan fingerprint density at radius 3 is 2.58 bits per heavy atom. The van der Waals surface area contributed by atoms with Crippen molar-refractivity contribution in [2.75, 3.05) is 29.9 Å². The van der Waals surface area contributed by atoms with Crippen LogP contribution in [-0.2, 0) is 6.54 Å². The third-order valence-corrected chi connectivity index (χ3v) is 5.46. The second-order valence-electron chi connectivity index (χ2n) is 7.69. The topological polar surface area (TPSA) is 161 Å². The highest BCUT2D eigenvalue weighted by Crippen LogP contribution is 2.31. The number of halogens is 1. The molecule has 5 rings (SSSR count). The fourth-order valence-electron chi connectivity index (χ4n) is 3.75. The number of rotatable bonds is 5. The lowest BCUT2D eigenvalue weighted by molar-refractivity contribution is 0.111. The molecule has 1 saturated heterocycles. The van der Waals surface area contributed by atoms with Gasteiger partial charge in [0.15, 0.2) is 23.1 Å². The van der Waals surface area contributed by atoms with E-state index >= 15 is 0 Å². The first kappa shape index (κ1) is 20.4. The first-order chi connectivity index (χ1) is 15.9. The number of nitrogen functional groups attached to an aromatic ring is 2. The van der Waals surface area contributed by atoms with Crippen molar-refractivity contribution in [3.8, 4) is 11.5 Å². The molecule has 1 aliphatic rings. The number of nitrogens with zero attached hydrogens (tertiary/aromatic N) is 6. The van der Waals surface area contributed by atoms with E-state index in [2.05, 4.69) is 25.4 Å². The molecule has 33 heavy (non-hydrogen) atoms. The minimum atomic E-state index is -0.980. The number of carboxylic acid groups (broad SMARTS) is 1. The number of anilines is 3. The van der Waals surface area contributed by atoms with Gasteiger partial charge < -0.3 is 26.8 Å². The molecule has 1 fully saturated rings. The van der Waals surface area contributed by atoms with Crippen LogP contribution >= 0.6 is 0 Å². The quantitative estimate of drug-likeness (QED) is 0.357. The average Bonchev–Trinajstić information content (AvgIpc) is 3.12. The van der Waals surface area contributed by atoms with Crippen LogP contribution in [0.4, 0.5) is 26.5 Å². The zero-order valence-electron chi connectivity index (χ0n) is 17.3. The summed E-state index contributed by atoms with van der Waals surface area (Å²) >= 11 is 0. The van der Waals surface area contributed by atoms with Gasteiger partial charge in [-0.05, 0) is 18.2 Å². The van der Waals surface area contributed by atoms with Crippen molar-refractivity contribution in [1.29, 1.82) is 0 Å². The van der Waals surface area contributed by atoms with Gasteiger partial charge in [0.25, 0.3) is 0 Å². The number of benzene rings is 1. The summed E-state index contributed by atoms with van der Waals surface area (Å²) in [5.74, 6) is 0.108. The number of nitrogens with one attached hydrogen (secondary N) is 1. The average molecular weight is 449 g/mol. The Bertz CT molecular complexity index is 1340. The number of carbonyl (C=O) groups is 1. The van der Waals surface area contributed by atoms with Crippen LogP contribution in [0.2, 0.25) is 0 Å². The summed E-state index contributed by atoms with van der Waals surface area (Å²) in [5, 5.41) is 17.3. The Morgan fingerprint density at radius 1 is 1.15 bits per heavy atom. The molecule has 0 aliphatic carbocycles. The molecule has 0 spiro atoms. The third-order valence-electron chi connectivity index (χ3n) is 5.46. The molecule has 1 amide bonds. The van der Waals surface area contributed by atoms with Crippen molar-refractivity contribution in [2.45, 2.75) is 12.6 Å². The first-order valence-electron chi connectivity index (χ1n) is 10.1. The van der Waals surface area contributed by atoms with Crippen molar-refractivity contribution in [3.05, 3.63) is 54.0 Å². The van der Waals surface area contributed by atoms with Crippen molar-refractivity contribution >= 4 is 34.4 Å². The monoisotopic (exact) mass is 449 g/mol. The molecule has 1 aromatic carbocycles. The maximum absolute atomic E-state index is 14.2. The zero-order chi connectivity index (χ0) is 23.1. The molecule has 3 aromatic heterocycles. The summed E-state index contributed by atoms with van der Waals surface area (Å²) in [6.07, 6.45) is 0.647. The number of amides is 1. The Kier molecular flexibility index (Phi) is 4.89. The van der Waals surface area contributed by atoms with Gasteiger partial charge in [-0.25, -0.2) is 28.8 Å². The minimum Gasteiger partial charge on any atom is -0.465 e. The zero-order valence-corrected chi connectivity index (χ0v) is 17.3. The number of hydrogen-bond acceptors (Lipinski definition) is 8. The van der Waals surface area contributed by atoms with Gasteiger partial charge in [0.1, 0.15) is 17.2 Å². The lowest BCUT2D eigenvalue weighted by atomic mass is 10.1. The molecule has 12 heteroatoms. The smallest absolute Gasteiger partial charge is 0.407 e. The van der Waals surface area contributed by atoms with E-state index in [-0.39, 0.29) is 35.9 Å². The summed E-state index contributed by atoms with van der Waals surface area (Å²) in [5.41, 5.74) is 14.1. The second-order valence-corrected chi connectivity index (χ2v) is 7.69. The summed E-state index contributed by atoms with van der Waals surface area (Å²) < 4.78 is 15.8. The van der Waals surface area contributed by atoms with Crippen molar-refractivity contribution in [3.63, 3.8) is 0 Å². The van der Waals surface area contributed by atoms with Gasteiger partial charge >= 0.3 is 6.09 Å². The van der Waals surface area contributed by atoms with E-state index in [1.54, 1.807) is 35.1 Å². The molecule has 4 aromatic rings. The third kappa shape index (κ3) is 3.71. The molecule has 6 N–H and O–H groups in total. The number of hydrogen-bond donors (Lipinski definition) is 4. The van der Waals surface area contributed by atoms with Crippen LogP contribution in [0.1, 0.15) is 5.56 Å². The molecular formula is C21H20FN9O2. The highest BCUT2D eigenvalue weighted by atomic mass is 19.1. The van der Waals surface area contributed by atoms with Gasteiger partial charge in [-0.1, -0.05) is 18.2 Å².